The highest BCUT2D eigenvalue weighted by molar-refractivity contribution is 7.14. The Morgan fingerprint density at radius 3 is 2.77 bits per heavy atom. The van der Waals surface area contributed by atoms with Crippen LogP contribution in [-0.2, 0) is 17.6 Å². The molecule has 0 aromatic carbocycles. The molecule has 1 aliphatic carbocycles. The maximum absolute atomic E-state index is 12.7. The van der Waals surface area contributed by atoms with Crippen LogP contribution in [0.4, 0.5) is 0 Å². The minimum Gasteiger partial charge on any atom is -0.379 e. The Hall–Kier alpha value is -1.76. The first-order chi connectivity index (χ1) is 12.8. The molecule has 0 saturated carbocycles. The molecule has 1 fully saturated rings. The Morgan fingerprint density at radius 2 is 2.00 bits per heavy atom. The van der Waals surface area contributed by atoms with Crippen LogP contribution in [0.5, 0.6) is 0 Å². The number of morpholine rings is 1. The molecule has 0 radical (unpaired) electrons. The third-order valence-electron chi connectivity index (χ3n) is 5.25. The molecule has 0 bridgehead atoms. The molecule has 26 heavy (non-hydrogen) atoms. The molecule has 1 aliphatic heterocycles. The summed E-state index contributed by atoms with van der Waals surface area (Å²) >= 11 is 1.67. The van der Waals surface area contributed by atoms with Crippen molar-refractivity contribution in [3.05, 3.63) is 51.5 Å². The number of amides is 1. The number of carbonyl (C=O) groups is 1. The number of ether oxygens (including phenoxy) is 1. The molecule has 2 aromatic rings. The van der Waals surface area contributed by atoms with E-state index in [1.807, 2.05) is 24.5 Å². The standard InChI is InChI=1S/C20H25N3O2S/c24-20(19-13-16-3-1-2-4-18(16)26-19)22-14-17(15-5-7-21-8-6-15)23-9-11-25-12-10-23/h5-8,13,17H,1-4,9-12,14H2,(H,22,24)/t17-/m1/s1. The summed E-state index contributed by atoms with van der Waals surface area (Å²) < 4.78 is 5.49. The van der Waals surface area contributed by atoms with Crippen molar-refractivity contribution in [1.82, 2.24) is 15.2 Å². The first kappa shape index (κ1) is 17.6. The molecule has 1 amide bonds. The van der Waals surface area contributed by atoms with E-state index in [-0.39, 0.29) is 11.9 Å². The Kier molecular flexibility index (Phi) is 5.62. The topological polar surface area (TPSA) is 54.5 Å². The van der Waals surface area contributed by atoms with Gasteiger partial charge >= 0.3 is 0 Å². The van der Waals surface area contributed by atoms with Gasteiger partial charge in [-0.15, -0.1) is 11.3 Å². The minimum atomic E-state index is 0.0525. The monoisotopic (exact) mass is 371 g/mol. The van der Waals surface area contributed by atoms with E-state index in [1.165, 1.54) is 28.8 Å². The van der Waals surface area contributed by atoms with E-state index in [0.717, 1.165) is 44.0 Å². The van der Waals surface area contributed by atoms with E-state index in [4.69, 9.17) is 4.74 Å². The van der Waals surface area contributed by atoms with Crippen LogP contribution in [0.3, 0.4) is 0 Å². The molecule has 6 heteroatoms. The average molecular weight is 372 g/mol. The van der Waals surface area contributed by atoms with Gasteiger partial charge in [0.2, 0.25) is 0 Å². The van der Waals surface area contributed by atoms with Crippen LogP contribution in [-0.4, -0.2) is 48.6 Å². The van der Waals surface area contributed by atoms with Crippen molar-refractivity contribution in [3.63, 3.8) is 0 Å². The SMILES string of the molecule is O=C(NC[C@H](c1ccncc1)N1CCOCC1)c1cc2c(s1)CCCC2. The molecule has 0 spiro atoms. The smallest absolute Gasteiger partial charge is 0.261 e. The number of fused-ring (bicyclic) bond motifs is 1. The van der Waals surface area contributed by atoms with Gasteiger partial charge in [-0.3, -0.25) is 14.7 Å². The molecule has 0 unspecified atom stereocenters. The van der Waals surface area contributed by atoms with Gasteiger partial charge in [-0.05, 0) is 55.0 Å². The number of nitrogens with zero attached hydrogens (tertiary/aromatic N) is 2. The van der Waals surface area contributed by atoms with Gasteiger partial charge in [-0.25, -0.2) is 0 Å². The molecule has 5 nitrogen and oxygen atoms in total. The summed E-state index contributed by atoms with van der Waals surface area (Å²) in [6, 6.07) is 6.33. The summed E-state index contributed by atoms with van der Waals surface area (Å²) in [5, 5.41) is 3.17. The number of nitrogens with one attached hydrogen (secondary N) is 1. The Labute approximate surface area is 158 Å². The zero-order valence-corrected chi connectivity index (χ0v) is 15.8. The molecule has 138 valence electrons. The van der Waals surface area contributed by atoms with Crippen molar-refractivity contribution >= 4 is 17.2 Å². The summed E-state index contributed by atoms with van der Waals surface area (Å²) in [4.78, 5) is 21.5. The summed E-state index contributed by atoms with van der Waals surface area (Å²) in [6.07, 6.45) is 8.37. The third-order valence-corrected chi connectivity index (χ3v) is 6.49. The Bertz CT molecular complexity index is 717. The molecule has 4 rings (SSSR count). The van der Waals surface area contributed by atoms with E-state index in [1.54, 1.807) is 11.3 Å². The molecule has 1 atom stereocenters. The fraction of sp³-hybridized carbons (Fsp3) is 0.500. The number of hydrogen-bond donors (Lipinski definition) is 1. The summed E-state index contributed by atoms with van der Waals surface area (Å²) in [7, 11) is 0. The number of carbonyl (C=O) groups excluding carboxylic acids is 1. The molecule has 1 N–H and O–H groups in total. The molecule has 1 saturated heterocycles. The highest BCUT2D eigenvalue weighted by atomic mass is 32.1. The second kappa shape index (κ2) is 8.29. The highest BCUT2D eigenvalue weighted by Gasteiger charge is 2.24. The normalized spacial score (nSPS) is 18.9. The maximum Gasteiger partial charge on any atom is 0.261 e. The van der Waals surface area contributed by atoms with Gasteiger partial charge in [0, 0.05) is 36.9 Å². The van der Waals surface area contributed by atoms with Gasteiger partial charge in [-0.2, -0.15) is 0 Å². The van der Waals surface area contributed by atoms with Gasteiger partial charge in [0.15, 0.2) is 0 Å². The van der Waals surface area contributed by atoms with Crippen molar-refractivity contribution < 1.29 is 9.53 Å². The lowest BCUT2D eigenvalue weighted by molar-refractivity contribution is 0.0162. The van der Waals surface area contributed by atoms with Crippen LogP contribution in [0.25, 0.3) is 0 Å². The summed E-state index contributed by atoms with van der Waals surface area (Å²) in [5.74, 6) is 0.0525. The van der Waals surface area contributed by atoms with E-state index < -0.39 is 0 Å². The number of hydrogen-bond acceptors (Lipinski definition) is 5. The predicted molar refractivity (Wildman–Crippen MR) is 103 cm³/mol. The summed E-state index contributed by atoms with van der Waals surface area (Å²) in [6.45, 7) is 3.86. The zero-order valence-electron chi connectivity index (χ0n) is 14.9. The largest absolute Gasteiger partial charge is 0.379 e. The van der Waals surface area contributed by atoms with E-state index in [2.05, 4.69) is 21.3 Å². The number of aryl methyl sites for hydroxylation is 2. The van der Waals surface area contributed by atoms with Crippen LogP contribution in [0.2, 0.25) is 0 Å². The van der Waals surface area contributed by atoms with Crippen molar-refractivity contribution in [2.75, 3.05) is 32.8 Å². The number of aromatic nitrogens is 1. The van der Waals surface area contributed by atoms with Crippen LogP contribution in [0, 0.1) is 0 Å². The molecule has 2 aromatic heterocycles. The number of rotatable bonds is 5. The van der Waals surface area contributed by atoms with Crippen LogP contribution in [0.15, 0.2) is 30.6 Å². The van der Waals surface area contributed by atoms with Crippen molar-refractivity contribution in [2.24, 2.45) is 0 Å². The third kappa shape index (κ3) is 3.98. The van der Waals surface area contributed by atoms with E-state index >= 15 is 0 Å². The first-order valence-corrected chi connectivity index (χ1v) is 10.2. The average Bonchev–Trinajstić information content (AvgIpc) is 3.14. The second-order valence-electron chi connectivity index (χ2n) is 6.92. The Balaban J connectivity index is 1.45. The van der Waals surface area contributed by atoms with Crippen LogP contribution in [0.1, 0.15) is 44.6 Å². The minimum absolute atomic E-state index is 0.0525. The van der Waals surface area contributed by atoms with Crippen LogP contribution < -0.4 is 5.32 Å². The van der Waals surface area contributed by atoms with Gasteiger partial charge in [-0.1, -0.05) is 0 Å². The van der Waals surface area contributed by atoms with Gasteiger partial charge in [0.05, 0.1) is 24.1 Å². The van der Waals surface area contributed by atoms with Gasteiger partial charge < -0.3 is 10.1 Å². The van der Waals surface area contributed by atoms with Crippen LogP contribution >= 0.6 is 11.3 Å². The van der Waals surface area contributed by atoms with E-state index in [9.17, 15) is 4.79 Å². The van der Waals surface area contributed by atoms with Gasteiger partial charge in [0.1, 0.15) is 0 Å². The van der Waals surface area contributed by atoms with Gasteiger partial charge in [0.25, 0.3) is 5.91 Å². The summed E-state index contributed by atoms with van der Waals surface area (Å²) in [5.41, 5.74) is 2.57. The lowest BCUT2D eigenvalue weighted by Gasteiger charge is -2.34. The lowest BCUT2D eigenvalue weighted by atomic mass is 9.99. The quantitative estimate of drug-likeness (QED) is 0.878. The molecular weight excluding hydrogens is 346 g/mol. The van der Waals surface area contributed by atoms with Crippen molar-refractivity contribution in [3.8, 4) is 0 Å². The molecule has 3 heterocycles. The number of pyridine rings is 1. The lowest BCUT2D eigenvalue weighted by Crippen LogP contribution is -2.43. The maximum atomic E-state index is 12.7. The fourth-order valence-corrected chi connectivity index (χ4v) is 4.98. The molecular formula is C20H25N3O2S. The predicted octanol–water partition coefficient (Wildman–Crippen LogP) is 2.83. The van der Waals surface area contributed by atoms with Crippen molar-refractivity contribution in [1.29, 1.82) is 0 Å². The Morgan fingerprint density at radius 1 is 1.23 bits per heavy atom. The van der Waals surface area contributed by atoms with Crippen molar-refractivity contribution in [2.45, 2.75) is 31.7 Å². The number of thiophene rings is 1. The molecule has 2 aliphatic rings. The second-order valence-corrected chi connectivity index (χ2v) is 8.06. The fourth-order valence-electron chi connectivity index (χ4n) is 3.81. The highest BCUT2D eigenvalue weighted by Crippen LogP contribution is 2.29. The van der Waals surface area contributed by atoms with E-state index in [0.29, 0.717) is 6.54 Å². The first-order valence-electron chi connectivity index (χ1n) is 9.43. The zero-order chi connectivity index (χ0) is 17.8.